The van der Waals surface area contributed by atoms with Crippen molar-refractivity contribution in [1.29, 1.82) is 0 Å². The molecule has 0 saturated carbocycles. The van der Waals surface area contributed by atoms with Crippen molar-refractivity contribution in [1.82, 2.24) is 4.90 Å². The minimum Gasteiger partial charge on any atom is -0.351 e. The minimum absolute atomic E-state index is 0.0926. The van der Waals surface area contributed by atoms with Crippen LogP contribution in [-0.2, 0) is 19.4 Å². The molecule has 0 aromatic carbocycles. The lowest BCUT2D eigenvalue weighted by Crippen LogP contribution is -2.06. The quantitative estimate of drug-likeness (QED) is 0.316. The van der Waals surface area contributed by atoms with Crippen LogP contribution in [-0.4, -0.2) is 45.0 Å². The highest BCUT2D eigenvalue weighted by Gasteiger charge is 2.02. The van der Waals surface area contributed by atoms with Gasteiger partial charge in [-0.25, -0.2) is 4.18 Å². The van der Waals surface area contributed by atoms with E-state index in [0.29, 0.717) is 6.42 Å². The van der Waals surface area contributed by atoms with Crippen LogP contribution in [0.15, 0.2) is 0 Å². The lowest BCUT2D eigenvalue weighted by Gasteiger charge is -2.02. The third-order valence-corrected chi connectivity index (χ3v) is 3.41. The Labute approximate surface area is 136 Å². The van der Waals surface area contributed by atoms with Gasteiger partial charge in [0.2, 0.25) is 6.41 Å². The summed E-state index contributed by atoms with van der Waals surface area (Å²) >= 11 is 0. The predicted molar refractivity (Wildman–Crippen MR) is 89.1 cm³/mol. The van der Waals surface area contributed by atoms with E-state index in [4.69, 9.17) is 4.55 Å². The molecule has 0 fully saturated rings. The lowest BCUT2D eigenvalue weighted by molar-refractivity contribution is -0.115. The van der Waals surface area contributed by atoms with Crippen molar-refractivity contribution in [2.24, 2.45) is 0 Å². The Morgan fingerprint density at radius 2 is 1.27 bits per heavy atom. The monoisotopic (exact) mass is 339 g/mol. The Bertz CT molecular complexity index is 331. The Hall–Kier alpha value is -0.660. The molecule has 0 radical (unpaired) electrons. The molecule has 1 N–H and O–H groups in total. The fraction of sp³-hybridized carbons (Fsp3) is 0.933. The van der Waals surface area contributed by atoms with E-state index in [9.17, 15) is 13.2 Å². The number of carbonyl (C=O) groups excluding carboxylic acids is 1. The van der Waals surface area contributed by atoms with Crippen molar-refractivity contribution < 1.29 is 21.9 Å². The maximum Gasteiger partial charge on any atom is 0.397 e. The number of hydrogen-bond acceptors (Lipinski definition) is 4. The van der Waals surface area contributed by atoms with Crippen molar-refractivity contribution >= 4 is 16.8 Å². The Morgan fingerprint density at radius 3 is 1.59 bits per heavy atom. The van der Waals surface area contributed by atoms with E-state index in [1.807, 2.05) is 0 Å². The average Bonchev–Trinajstić information content (AvgIpc) is 2.44. The molecule has 0 saturated heterocycles. The summed E-state index contributed by atoms with van der Waals surface area (Å²) in [5.74, 6) is 0. The van der Waals surface area contributed by atoms with Gasteiger partial charge in [-0.1, -0.05) is 64.7 Å². The molecule has 22 heavy (non-hydrogen) atoms. The number of hydrogen-bond donors (Lipinski definition) is 1. The van der Waals surface area contributed by atoms with Gasteiger partial charge in [0, 0.05) is 14.1 Å². The van der Waals surface area contributed by atoms with Gasteiger partial charge in [-0.05, 0) is 6.42 Å². The topological polar surface area (TPSA) is 83.9 Å². The molecular formula is C15H33NO5S. The maximum absolute atomic E-state index is 10.2. The molecule has 0 bridgehead atoms. The van der Waals surface area contributed by atoms with Gasteiger partial charge in [0.1, 0.15) is 0 Å². The molecule has 134 valence electrons. The molecule has 7 heteroatoms. The summed E-state index contributed by atoms with van der Waals surface area (Å²) in [5, 5.41) is 0. The summed E-state index contributed by atoms with van der Waals surface area (Å²) in [4.78, 5) is 10.9. The molecule has 0 aliphatic heterocycles. The smallest absolute Gasteiger partial charge is 0.351 e. The van der Waals surface area contributed by atoms with Crippen molar-refractivity contribution in [2.75, 3.05) is 20.7 Å². The van der Waals surface area contributed by atoms with Crippen LogP contribution in [0.5, 0.6) is 0 Å². The van der Waals surface area contributed by atoms with E-state index in [0.717, 1.165) is 19.3 Å². The summed E-state index contributed by atoms with van der Waals surface area (Å²) in [6, 6.07) is 0. The van der Waals surface area contributed by atoms with Gasteiger partial charge in [0.05, 0.1) is 6.61 Å². The summed E-state index contributed by atoms with van der Waals surface area (Å²) in [6.45, 7) is 2.31. The molecule has 6 nitrogen and oxygen atoms in total. The van der Waals surface area contributed by atoms with Crippen molar-refractivity contribution in [3.8, 4) is 0 Å². The highest BCUT2D eigenvalue weighted by molar-refractivity contribution is 7.80. The first-order chi connectivity index (χ1) is 10.3. The zero-order valence-electron chi connectivity index (χ0n) is 14.3. The lowest BCUT2D eigenvalue weighted by atomic mass is 10.1. The summed E-state index contributed by atoms with van der Waals surface area (Å²) in [5.41, 5.74) is 0. The number of rotatable bonds is 13. The minimum atomic E-state index is -4.23. The summed E-state index contributed by atoms with van der Waals surface area (Å²) < 4.78 is 33.0. The van der Waals surface area contributed by atoms with Gasteiger partial charge in [0.15, 0.2) is 0 Å². The first-order valence-electron chi connectivity index (χ1n) is 8.07. The van der Waals surface area contributed by atoms with Gasteiger partial charge >= 0.3 is 10.4 Å². The van der Waals surface area contributed by atoms with Crippen LogP contribution >= 0.6 is 0 Å². The number of amides is 1. The SMILES string of the molecule is CCCCCCCCCCCCOS(=O)(=O)O.CN(C)C=O. The first-order valence-corrected chi connectivity index (χ1v) is 9.43. The molecule has 0 unspecified atom stereocenters. The van der Waals surface area contributed by atoms with E-state index in [1.165, 1.54) is 49.8 Å². The van der Waals surface area contributed by atoms with Crippen LogP contribution in [0.2, 0.25) is 0 Å². The number of carbonyl (C=O) groups is 1. The van der Waals surface area contributed by atoms with E-state index in [1.54, 1.807) is 14.1 Å². The molecule has 0 rings (SSSR count). The van der Waals surface area contributed by atoms with Crippen LogP contribution in [0.4, 0.5) is 0 Å². The molecule has 0 aromatic rings. The molecule has 0 aliphatic carbocycles. The third kappa shape index (κ3) is 27.6. The van der Waals surface area contributed by atoms with Crippen molar-refractivity contribution in [2.45, 2.75) is 71.1 Å². The third-order valence-electron chi connectivity index (χ3n) is 2.94. The van der Waals surface area contributed by atoms with Crippen molar-refractivity contribution in [3.05, 3.63) is 0 Å². The van der Waals surface area contributed by atoms with Crippen molar-refractivity contribution in [3.63, 3.8) is 0 Å². The van der Waals surface area contributed by atoms with Gasteiger partial charge in [-0.2, -0.15) is 8.42 Å². The molecule has 1 amide bonds. The zero-order chi connectivity index (χ0) is 17.3. The molecule has 0 aliphatic rings. The molecule has 0 aromatic heterocycles. The van der Waals surface area contributed by atoms with E-state index >= 15 is 0 Å². The van der Waals surface area contributed by atoms with Crippen LogP contribution in [0.3, 0.4) is 0 Å². The van der Waals surface area contributed by atoms with Gasteiger partial charge in [0.25, 0.3) is 0 Å². The van der Waals surface area contributed by atoms with E-state index < -0.39 is 10.4 Å². The van der Waals surface area contributed by atoms with Gasteiger partial charge in [-0.3, -0.25) is 9.35 Å². The second kappa shape index (κ2) is 16.7. The largest absolute Gasteiger partial charge is 0.397 e. The number of unbranched alkanes of at least 4 members (excludes halogenated alkanes) is 9. The number of nitrogens with zero attached hydrogens (tertiary/aromatic N) is 1. The Morgan fingerprint density at radius 1 is 0.909 bits per heavy atom. The Kier molecular flexibility index (Phi) is 17.9. The normalized spacial score (nSPS) is 10.7. The zero-order valence-corrected chi connectivity index (χ0v) is 15.1. The summed E-state index contributed by atoms with van der Waals surface area (Å²) in [7, 11) is -0.859. The molecule has 0 atom stereocenters. The van der Waals surface area contributed by atoms with Gasteiger partial charge in [-0.15, -0.1) is 0 Å². The molecule has 0 spiro atoms. The summed E-state index contributed by atoms with van der Waals surface area (Å²) in [6.07, 6.45) is 12.6. The second-order valence-corrected chi connectivity index (χ2v) is 6.59. The van der Waals surface area contributed by atoms with Gasteiger partial charge < -0.3 is 4.90 Å². The van der Waals surface area contributed by atoms with Crippen LogP contribution in [0.25, 0.3) is 0 Å². The van der Waals surface area contributed by atoms with Crippen LogP contribution in [0.1, 0.15) is 71.1 Å². The molecular weight excluding hydrogens is 306 g/mol. The highest BCUT2D eigenvalue weighted by atomic mass is 32.3. The van der Waals surface area contributed by atoms with Crippen LogP contribution < -0.4 is 0 Å². The van der Waals surface area contributed by atoms with E-state index in [-0.39, 0.29) is 6.61 Å². The maximum atomic E-state index is 10.2. The predicted octanol–water partition coefficient (Wildman–Crippen LogP) is 3.43. The van der Waals surface area contributed by atoms with E-state index in [2.05, 4.69) is 11.1 Å². The Balaban J connectivity index is 0. The molecule has 0 heterocycles. The van der Waals surface area contributed by atoms with Crippen LogP contribution in [0, 0.1) is 0 Å². The fourth-order valence-corrected chi connectivity index (χ4v) is 2.08. The second-order valence-electron chi connectivity index (χ2n) is 5.50. The first kappa shape index (κ1) is 23.6. The fourth-order valence-electron chi connectivity index (χ4n) is 1.75. The standard InChI is InChI=1S/C12H26O4S.C3H7NO/c1-2-3-4-5-6-7-8-9-10-11-12-16-17(13,14)15;1-4(2)3-5/h2-12H2,1H3,(H,13,14,15);3H,1-2H3. The highest BCUT2D eigenvalue weighted by Crippen LogP contribution is 2.10. The average molecular weight is 339 g/mol.